The van der Waals surface area contributed by atoms with Gasteiger partial charge in [-0.2, -0.15) is 22.4 Å². The Labute approximate surface area is 156 Å². The minimum atomic E-state index is -4.83. The van der Waals surface area contributed by atoms with Crippen molar-refractivity contribution in [2.24, 2.45) is 5.18 Å². The van der Waals surface area contributed by atoms with E-state index in [9.17, 15) is 26.5 Å². The molecule has 2 heterocycles. The first-order valence-corrected chi connectivity index (χ1v) is 10.1. The van der Waals surface area contributed by atoms with Crippen molar-refractivity contribution in [1.82, 2.24) is 14.5 Å². The molecule has 1 saturated heterocycles. The zero-order valence-corrected chi connectivity index (χ0v) is 16.0. The van der Waals surface area contributed by atoms with Crippen LogP contribution in [-0.2, 0) is 14.8 Å². The molecule has 0 aromatic heterocycles. The molecule has 0 spiro atoms. The molecule has 2 aliphatic heterocycles. The number of hydrogen-bond donors (Lipinski definition) is 1. The molecule has 2 rings (SSSR count). The second kappa shape index (κ2) is 8.95. The monoisotopic (exact) mass is 414 g/mol. The summed E-state index contributed by atoms with van der Waals surface area (Å²) in [7, 11) is -1.83. The van der Waals surface area contributed by atoms with Gasteiger partial charge < -0.3 is 10.1 Å². The van der Waals surface area contributed by atoms with Crippen LogP contribution in [-0.4, -0.2) is 94.1 Å². The van der Waals surface area contributed by atoms with Crippen LogP contribution in [0.2, 0.25) is 0 Å². The van der Waals surface area contributed by atoms with Crippen LogP contribution in [0.3, 0.4) is 0 Å². The summed E-state index contributed by atoms with van der Waals surface area (Å²) in [6, 6.07) is -2.33. The third-order valence-corrected chi connectivity index (χ3v) is 7.28. The zero-order valence-electron chi connectivity index (χ0n) is 15.2. The zero-order chi connectivity index (χ0) is 20.2. The fourth-order valence-corrected chi connectivity index (χ4v) is 5.62. The molecule has 2 unspecified atom stereocenters. The van der Waals surface area contributed by atoms with E-state index in [4.69, 9.17) is 4.74 Å². The number of ether oxygens (including phenoxy) is 1. The molecule has 0 bridgehead atoms. The van der Waals surface area contributed by atoms with E-state index in [1.165, 1.54) is 0 Å². The average molecular weight is 414 g/mol. The van der Waals surface area contributed by atoms with Crippen molar-refractivity contribution < 1.29 is 26.3 Å². The fraction of sp³-hybridized carbons (Fsp3) is 0.867. The molecule has 4 atom stereocenters. The van der Waals surface area contributed by atoms with Gasteiger partial charge in [-0.1, -0.05) is 17.3 Å². The van der Waals surface area contributed by atoms with Gasteiger partial charge >= 0.3 is 6.18 Å². The van der Waals surface area contributed by atoms with Crippen LogP contribution < -0.4 is 5.32 Å². The highest BCUT2D eigenvalue weighted by atomic mass is 32.2. The minimum absolute atomic E-state index is 0.0364. The van der Waals surface area contributed by atoms with E-state index >= 15 is 0 Å². The van der Waals surface area contributed by atoms with Crippen LogP contribution in [0.5, 0.6) is 0 Å². The van der Waals surface area contributed by atoms with Crippen molar-refractivity contribution in [3.8, 4) is 0 Å². The molecular formula is C15H25F3N4O4S. The molecule has 0 aromatic carbocycles. The van der Waals surface area contributed by atoms with Crippen molar-refractivity contribution in [3.63, 3.8) is 0 Å². The van der Waals surface area contributed by atoms with Gasteiger partial charge in [0.1, 0.15) is 17.8 Å². The number of nitrogens with zero attached hydrogens (tertiary/aromatic N) is 3. The molecule has 0 saturated carbocycles. The molecule has 0 radical (unpaired) electrons. The number of nitrogens with one attached hydrogen (secondary N) is 1. The summed E-state index contributed by atoms with van der Waals surface area (Å²) in [4.78, 5) is 12.8. The maximum Gasteiger partial charge on any atom is 0.405 e. The van der Waals surface area contributed by atoms with Gasteiger partial charge in [0.2, 0.25) is 10.0 Å². The first-order chi connectivity index (χ1) is 12.7. The summed E-state index contributed by atoms with van der Waals surface area (Å²) >= 11 is 0. The van der Waals surface area contributed by atoms with Gasteiger partial charge in [-0.05, 0) is 13.5 Å². The summed E-state index contributed by atoms with van der Waals surface area (Å²) in [5, 5.41) is 2.43. The van der Waals surface area contributed by atoms with Crippen molar-refractivity contribution >= 4 is 10.0 Å². The van der Waals surface area contributed by atoms with E-state index in [0.29, 0.717) is 19.6 Å². The molecule has 1 fully saturated rings. The lowest BCUT2D eigenvalue weighted by Gasteiger charge is -2.50. The highest BCUT2D eigenvalue weighted by molar-refractivity contribution is 7.89. The standard InChI is InChI=1S/C15H25F3N4O4S/c1-19-14(15(16,17)18)13(8-20-23)27(24,25)21-5-3-4-6-22-11(9-21)7-12(22)10-26-2/h3-4,11-14,19H,5-10H2,1-2H3/b4-3-/t11-,12+,13?,14?/m1/s1. The van der Waals surface area contributed by atoms with E-state index in [-0.39, 0.29) is 25.2 Å². The van der Waals surface area contributed by atoms with Gasteiger partial charge in [0.05, 0.1) is 6.61 Å². The predicted octanol–water partition coefficient (Wildman–Crippen LogP) is 0.563. The van der Waals surface area contributed by atoms with Gasteiger partial charge in [0, 0.05) is 38.8 Å². The molecule has 12 heteroatoms. The topological polar surface area (TPSA) is 91.3 Å². The van der Waals surface area contributed by atoms with Gasteiger partial charge in [-0.3, -0.25) is 4.90 Å². The van der Waals surface area contributed by atoms with E-state index in [0.717, 1.165) is 11.4 Å². The number of nitroso groups, excluding NO2 is 1. The van der Waals surface area contributed by atoms with Crippen molar-refractivity contribution in [1.29, 1.82) is 0 Å². The van der Waals surface area contributed by atoms with E-state index < -0.39 is 34.0 Å². The van der Waals surface area contributed by atoms with Crippen LogP contribution in [0.1, 0.15) is 6.42 Å². The van der Waals surface area contributed by atoms with Crippen LogP contribution in [0, 0.1) is 4.91 Å². The fourth-order valence-electron chi connectivity index (χ4n) is 3.68. The van der Waals surface area contributed by atoms with Gasteiger partial charge in [-0.15, -0.1) is 0 Å². The Morgan fingerprint density at radius 2 is 2.00 bits per heavy atom. The number of rotatable bonds is 8. The highest BCUT2D eigenvalue weighted by Gasteiger charge is 2.51. The normalized spacial score (nSPS) is 28.3. The first kappa shape index (κ1) is 22.2. The largest absolute Gasteiger partial charge is 0.405 e. The number of hydrogen-bond acceptors (Lipinski definition) is 7. The molecule has 156 valence electrons. The molecular weight excluding hydrogens is 389 g/mol. The Balaban J connectivity index is 2.25. The van der Waals surface area contributed by atoms with Gasteiger partial charge in [-0.25, -0.2) is 8.42 Å². The van der Waals surface area contributed by atoms with E-state index in [1.54, 1.807) is 19.3 Å². The second-order valence-corrected chi connectivity index (χ2v) is 8.84. The molecule has 0 aliphatic carbocycles. The van der Waals surface area contributed by atoms with Crippen LogP contribution in [0.4, 0.5) is 13.2 Å². The molecule has 27 heavy (non-hydrogen) atoms. The summed E-state index contributed by atoms with van der Waals surface area (Å²) in [5.74, 6) is 0. The third kappa shape index (κ3) is 4.86. The predicted molar refractivity (Wildman–Crippen MR) is 93.8 cm³/mol. The molecule has 2 aliphatic rings. The van der Waals surface area contributed by atoms with Crippen molar-refractivity contribution in [3.05, 3.63) is 17.1 Å². The Morgan fingerprint density at radius 1 is 1.33 bits per heavy atom. The smallest absolute Gasteiger partial charge is 0.383 e. The van der Waals surface area contributed by atoms with Crippen LogP contribution in [0.25, 0.3) is 0 Å². The summed E-state index contributed by atoms with van der Waals surface area (Å²) < 4.78 is 72.0. The van der Waals surface area contributed by atoms with Crippen molar-refractivity contribution in [2.75, 3.05) is 46.9 Å². The Kier molecular flexibility index (Phi) is 7.36. The lowest BCUT2D eigenvalue weighted by Crippen LogP contribution is -2.64. The highest BCUT2D eigenvalue weighted by Crippen LogP contribution is 2.31. The summed E-state index contributed by atoms with van der Waals surface area (Å²) in [6.45, 7) is 0.189. The lowest BCUT2D eigenvalue weighted by molar-refractivity contribution is -0.154. The molecule has 8 nitrogen and oxygen atoms in total. The molecule has 0 aromatic rings. The van der Waals surface area contributed by atoms with Gasteiger partial charge in [0.25, 0.3) is 0 Å². The summed E-state index contributed by atoms with van der Waals surface area (Å²) in [6.07, 6.45) is -0.729. The Hall–Kier alpha value is -1.08. The van der Waals surface area contributed by atoms with Gasteiger partial charge in [0.15, 0.2) is 0 Å². The average Bonchev–Trinajstić information content (AvgIpc) is 2.55. The molecule has 0 amide bonds. The Morgan fingerprint density at radius 3 is 2.56 bits per heavy atom. The quantitative estimate of drug-likeness (QED) is 0.461. The van der Waals surface area contributed by atoms with E-state index in [1.807, 2.05) is 5.32 Å². The Bertz CT molecular complexity index is 643. The minimum Gasteiger partial charge on any atom is -0.383 e. The SMILES string of the molecule is CNC(C(CN=O)S(=O)(=O)N1C/C=C\CN2[C@H](COC)C[C@@H]2C1)C(F)(F)F. The number of alkyl halides is 3. The van der Waals surface area contributed by atoms with Crippen molar-refractivity contribution in [2.45, 2.75) is 36.0 Å². The lowest BCUT2D eigenvalue weighted by atomic mass is 9.92. The number of methoxy groups -OCH3 is 1. The van der Waals surface area contributed by atoms with Crippen LogP contribution in [0.15, 0.2) is 17.3 Å². The maximum atomic E-state index is 13.3. The second-order valence-electron chi connectivity index (χ2n) is 6.69. The van der Waals surface area contributed by atoms with Crippen LogP contribution >= 0.6 is 0 Å². The first-order valence-electron chi connectivity index (χ1n) is 8.58. The maximum absolute atomic E-state index is 13.3. The summed E-state index contributed by atoms with van der Waals surface area (Å²) in [5.41, 5.74) is 0. The number of fused-ring (bicyclic) bond motifs is 1. The number of sulfonamides is 1. The molecule has 1 N–H and O–H groups in total. The number of halogens is 3. The van der Waals surface area contributed by atoms with E-state index in [2.05, 4.69) is 10.1 Å². The third-order valence-electron chi connectivity index (χ3n) is 5.08.